The van der Waals surface area contributed by atoms with Crippen LogP contribution in [0.25, 0.3) is 11.1 Å². The van der Waals surface area contributed by atoms with E-state index in [1.807, 2.05) is 73.7 Å². The third-order valence-electron chi connectivity index (χ3n) is 3.90. The Morgan fingerprint density at radius 3 is 2.32 bits per heavy atom. The summed E-state index contributed by atoms with van der Waals surface area (Å²) in [6, 6.07) is 25.6. The molecule has 126 valence electrons. The monoisotopic (exact) mass is 331 g/mol. The van der Waals surface area contributed by atoms with Gasteiger partial charge in [-0.3, -0.25) is 4.79 Å². The lowest BCUT2D eigenvalue weighted by Crippen LogP contribution is -2.28. The molecule has 0 saturated heterocycles. The number of hydrogen-bond acceptors (Lipinski definition) is 2. The van der Waals surface area contributed by atoms with Crippen molar-refractivity contribution >= 4 is 5.91 Å². The van der Waals surface area contributed by atoms with E-state index in [9.17, 15) is 4.79 Å². The molecule has 0 aromatic heterocycles. The third kappa shape index (κ3) is 4.70. The second-order valence-electron chi connectivity index (χ2n) is 5.86. The first-order chi connectivity index (χ1) is 12.2. The van der Waals surface area contributed by atoms with Gasteiger partial charge in [0, 0.05) is 5.56 Å². The van der Waals surface area contributed by atoms with E-state index in [-0.39, 0.29) is 5.91 Å². The number of hydrogen-bond donors (Lipinski definition) is 1. The molecule has 0 aliphatic heterocycles. The maximum Gasteiger partial charge on any atom is 0.251 e. The van der Waals surface area contributed by atoms with E-state index in [0.29, 0.717) is 18.7 Å². The fraction of sp³-hybridized carbons (Fsp3) is 0.136. The van der Waals surface area contributed by atoms with Gasteiger partial charge in [-0.15, -0.1) is 0 Å². The number of carbonyl (C=O) groups is 1. The highest BCUT2D eigenvalue weighted by Crippen LogP contribution is 2.19. The number of amides is 1. The second kappa shape index (κ2) is 8.15. The Labute approximate surface area is 148 Å². The molecule has 3 heteroatoms. The van der Waals surface area contributed by atoms with Crippen molar-refractivity contribution in [2.75, 3.05) is 13.2 Å². The summed E-state index contributed by atoms with van der Waals surface area (Å²) in [4.78, 5) is 12.2. The summed E-state index contributed by atoms with van der Waals surface area (Å²) in [5.41, 5.74) is 4.04. The molecule has 0 saturated carbocycles. The second-order valence-corrected chi connectivity index (χ2v) is 5.86. The Kier molecular flexibility index (Phi) is 5.47. The summed E-state index contributed by atoms with van der Waals surface area (Å²) in [5, 5.41) is 2.88. The van der Waals surface area contributed by atoms with Crippen LogP contribution in [0.4, 0.5) is 0 Å². The van der Waals surface area contributed by atoms with Crippen LogP contribution < -0.4 is 10.1 Å². The number of rotatable bonds is 6. The minimum Gasteiger partial charge on any atom is -0.492 e. The molecule has 0 aliphatic carbocycles. The summed E-state index contributed by atoms with van der Waals surface area (Å²) in [7, 11) is 0. The Morgan fingerprint density at radius 1 is 0.880 bits per heavy atom. The summed E-state index contributed by atoms with van der Waals surface area (Å²) >= 11 is 0. The van der Waals surface area contributed by atoms with Gasteiger partial charge in [0.15, 0.2) is 0 Å². The van der Waals surface area contributed by atoms with Crippen molar-refractivity contribution in [3.05, 3.63) is 90.0 Å². The van der Waals surface area contributed by atoms with Crippen LogP contribution in [-0.2, 0) is 0 Å². The van der Waals surface area contributed by atoms with Crippen molar-refractivity contribution < 1.29 is 9.53 Å². The minimum absolute atomic E-state index is 0.0903. The fourth-order valence-corrected chi connectivity index (χ4v) is 2.59. The number of carbonyl (C=O) groups excluding carboxylic acids is 1. The van der Waals surface area contributed by atoms with Gasteiger partial charge in [-0.2, -0.15) is 0 Å². The Balaban J connectivity index is 1.50. The van der Waals surface area contributed by atoms with Crippen LogP contribution in [0.1, 0.15) is 15.9 Å². The zero-order chi connectivity index (χ0) is 17.5. The van der Waals surface area contributed by atoms with Gasteiger partial charge >= 0.3 is 0 Å². The van der Waals surface area contributed by atoms with Crippen LogP contribution >= 0.6 is 0 Å². The highest BCUT2D eigenvalue weighted by atomic mass is 16.5. The van der Waals surface area contributed by atoms with Gasteiger partial charge in [-0.25, -0.2) is 0 Å². The standard InChI is InChI=1S/C22H21NO2/c1-17-6-5-9-21(16-17)25-15-14-23-22(24)20-12-10-19(11-13-20)18-7-3-2-4-8-18/h2-13,16H,14-15H2,1H3,(H,23,24). The summed E-state index contributed by atoms with van der Waals surface area (Å²) < 4.78 is 5.64. The lowest BCUT2D eigenvalue weighted by atomic mass is 10.0. The van der Waals surface area contributed by atoms with Crippen LogP contribution in [-0.4, -0.2) is 19.1 Å². The van der Waals surface area contributed by atoms with Crippen molar-refractivity contribution in [2.24, 2.45) is 0 Å². The Bertz CT molecular complexity index is 826. The molecular formula is C22H21NO2. The van der Waals surface area contributed by atoms with Crippen LogP contribution in [0.2, 0.25) is 0 Å². The van der Waals surface area contributed by atoms with Crippen molar-refractivity contribution in [3.63, 3.8) is 0 Å². The number of nitrogens with one attached hydrogen (secondary N) is 1. The van der Waals surface area contributed by atoms with E-state index < -0.39 is 0 Å². The Morgan fingerprint density at radius 2 is 1.60 bits per heavy atom. The fourth-order valence-electron chi connectivity index (χ4n) is 2.59. The van der Waals surface area contributed by atoms with Gasteiger partial charge < -0.3 is 10.1 Å². The average molecular weight is 331 g/mol. The SMILES string of the molecule is Cc1cccc(OCCNC(=O)c2ccc(-c3ccccc3)cc2)c1. The molecule has 0 atom stereocenters. The quantitative estimate of drug-likeness (QED) is 0.677. The molecule has 1 amide bonds. The molecule has 0 unspecified atom stereocenters. The van der Waals surface area contributed by atoms with Crippen molar-refractivity contribution in [2.45, 2.75) is 6.92 Å². The Hall–Kier alpha value is -3.07. The molecule has 0 radical (unpaired) electrons. The van der Waals surface area contributed by atoms with Crippen molar-refractivity contribution in [1.82, 2.24) is 5.32 Å². The molecule has 3 aromatic carbocycles. The van der Waals surface area contributed by atoms with Crippen molar-refractivity contribution in [1.29, 1.82) is 0 Å². The summed E-state index contributed by atoms with van der Waals surface area (Å²) in [6.07, 6.45) is 0. The first kappa shape index (κ1) is 16.8. The highest BCUT2D eigenvalue weighted by Gasteiger charge is 2.05. The maximum atomic E-state index is 12.2. The topological polar surface area (TPSA) is 38.3 Å². The van der Waals surface area contributed by atoms with Gasteiger partial charge in [0.25, 0.3) is 5.91 Å². The lowest BCUT2D eigenvalue weighted by molar-refractivity contribution is 0.0947. The predicted molar refractivity (Wildman–Crippen MR) is 101 cm³/mol. The number of ether oxygens (including phenoxy) is 1. The lowest BCUT2D eigenvalue weighted by Gasteiger charge is -2.09. The van der Waals surface area contributed by atoms with Crippen molar-refractivity contribution in [3.8, 4) is 16.9 Å². The van der Waals surface area contributed by atoms with Gasteiger partial charge in [0.05, 0.1) is 6.54 Å². The van der Waals surface area contributed by atoms with E-state index in [1.54, 1.807) is 0 Å². The van der Waals surface area contributed by atoms with Crippen LogP contribution in [0, 0.1) is 6.92 Å². The molecule has 0 heterocycles. The first-order valence-corrected chi connectivity index (χ1v) is 8.35. The van der Waals surface area contributed by atoms with E-state index in [0.717, 1.165) is 22.4 Å². The van der Waals surface area contributed by atoms with E-state index in [4.69, 9.17) is 4.74 Å². The van der Waals surface area contributed by atoms with Crippen LogP contribution in [0.3, 0.4) is 0 Å². The predicted octanol–water partition coefficient (Wildman–Crippen LogP) is 4.47. The molecule has 25 heavy (non-hydrogen) atoms. The normalized spacial score (nSPS) is 10.3. The molecule has 3 nitrogen and oxygen atoms in total. The average Bonchev–Trinajstić information content (AvgIpc) is 2.66. The minimum atomic E-state index is -0.0903. The molecule has 0 spiro atoms. The first-order valence-electron chi connectivity index (χ1n) is 8.35. The van der Waals surface area contributed by atoms with Crippen LogP contribution in [0.15, 0.2) is 78.9 Å². The molecular weight excluding hydrogens is 310 g/mol. The van der Waals surface area contributed by atoms with Gasteiger partial charge in [-0.05, 0) is 47.9 Å². The van der Waals surface area contributed by atoms with Crippen LogP contribution in [0.5, 0.6) is 5.75 Å². The largest absolute Gasteiger partial charge is 0.492 e. The zero-order valence-corrected chi connectivity index (χ0v) is 14.2. The zero-order valence-electron chi connectivity index (χ0n) is 14.2. The summed E-state index contributed by atoms with van der Waals surface area (Å²) in [5.74, 6) is 0.730. The number of aryl methyl sites for hydroxylation is 1. The molecule has 0 aliphatic rings. The van der Waals surface area contributed by atoms with Gasteiger partial charge in [0.2, 0.25) is 0 Å². The van der Waals surface area contributed by atoms with E-state index in [2.05, 4.69) is 17.4 Å². The third-order valence-corrected chi connectivity index (χ3v) is 3.90. The smallest absolute Gasteiger partial charge is 0.251 e. The summed E-state index contributed by atoms with van der Waals surface area (Å²) in [6.45, 7) is 2.93. The maximum absolute atomic E-state index is 12.2. The number of benzene rings is 3. The van der Waals surface area contributed by atoms with E-state index >= 15 is 0 Å². The molecule has 0 fully saturated rings. The molecule has 3 rings (SSSR count). The highest BCUT2D eigenvalue weighted by molar-refractivity contribution is 5.94. The van der Waals surface area contributed by atoms with Gasteiger partial charge in [-0.1, -0.05) is 54.6 Å². The molecule has 0 bridgehead atoms. The molecule has 1 N–H and O–H groups in total. The van der Waals surface area contributed by atoms with Gasteiger partial charge in [0.1, 0.15) is 12.4 Å². The molecule has 3 aromatic rings. The van der Waals surface area contributed by atoms with E-state index in [1.165, 1.54) is 0 Å².